The maximum atomic E-state index is 12.4. The summed E-state index contributed by atoms with van der Waals surface area (Å²) in [6.07, 6.45) is 1.88. The molecule has 5 nitrogen and oxygen atoms in total. The molecule has 1 N–H and O–H groups in total. The van der Waals surface area contributed by atoms with Gasteiger partial charge in [0.2, 0.25) is 11.8 Å². The molecule has 1 aromatic rings. The SMILES string of the molecule is CN(CCO)C(=O)C1CCCN1C(=O)Cc1ccccc1. The molecule has 1 fully saturated rings. The zero-order valence-electron chi connectivity index (χ0n) is 12.4. The fraction of sp³-hybridized carbons (Fsp3) is 0.500. The maximum Gasteiger partial charge on any atom is 0.245 e. The number of rotatable bonds is 5. The van der Waals surface area contributed by atoms with Gasteiger partial charge in [-0.3, -0.25) is 9.59 Å². The van der Waals surface area contributed by atoms with E-state index in [-0.39, 0.29) is 24.5 Å². The standard InChI is InChI=1S/C16H22N2O3/c1-17(10-11-19)16(21)14-8-5-9-18(14)15(20)12-13-6-3-2-4-7-13/h2-4,6-7,14,19H,5,8-12H2,1H3. The van der Waals surface area contributed by atoms with Gasteiger partial charge in [0.05, 0.1) is 13.0 Å². The molecule has 114 valence electrons. The predicted octanol–water partition coefficient (Wildman–Crippen LogP) is 0.671. The molecule has 0 bridgehead atoms. The number of aliphatic hydroxyl groups is 1. The Labute approximate surface area is 125 Å². The van der Waals surface area contributed by atoms with Crippen molar-refractivity contribution in [2.75, 3.05) is 26.7 Å². The third-order valence-electron chi connectivity index (χ3n) is 3.87. The number of carbonyl (C=O) groups excluding carboxylic acids is 2. The van der Waals surface area contributed by atoms with Gasteiger partial charge < -0.3 is 14.9 Å². The average molecular weight is 290 g/mol. The molecule has 0 saturated carbocycles. The molecule has 1 aliphatic heterocycles. The van der Waals surface area contributed by atoms with E-state index < -0.39 is 0 Å². The Morgan fingerprint density at radius 3 is 2.71 bits per heavy atom. The number of nitrogens with zero attached hydrogens (tertiary/aromatic N) is 2. The number of likely N-dealkylation sites (tertiary alicyclic amines) is 1. The van der Waals surface area contributed by atoms with Crippen LogP contribution >= 0.6 is 0 Å². The molecule has 21 heavy (non-hydrogen) atoms. The Balaban J connectivity index is 2.01. The molecule has 1 aromatic carbocycles. The molecule has 2 rings (SSSR count). The summed E-state index contributed by atoms with van der Waals surface area (Å²) in [7, 11) is 1.66. The Bertz CT molecular complexity index is 490. The highest BCUT2D eigenvalue weighted by atomic mass is 16.3. The lowest BCUT2D eigenvalue weighted by Gasteiger charge is -2.27. The number of hydrogen-bond donors (Lipinski definition) is 1. The van der Waals surface area contributed by atoms with Crippen molar-refractivity contribution in [1.82, 2.24) is 9.80 Å². The van der Waals surface area contributed by atoms with Gasteiger partial charge >= 0.3 is 0 Å². The molecule has 1 unspecified atom stereocenters. The Hall–Kier alpha value is -1.88. The third-order valence-corrected chi connectivity index (χ3v) is 3.87. The van der Waals surface area contributed by atoms with Crippen LogP contribution in [0.5, 0.6) is 0 Å². The summed E-state index contributed by atoms with van der Waals surface area (Å²) in [6, 6.07) is 9.19. The first-order valence-corrected chi connectivity index (χ1v) is 7.32. The molecule has 1 atom stereocenters. The lowest BCUT2D eigenvalue weighted by atomic mass is 10.1. The monoisotopic (exact) mass is 290 g/mol. The fourth-order valence-electron chi connectivity index (χ4n) is 2.71. The molecule has 1 aliphatic rings. The average Bonchev–Trinajstić information content (AvgIpc) is 2.97. The van der Waals surface area contributed by atoms with Crippen LogP contribution < -0.4 is 0 Å². The number of hydrogen-bond acceptors (Lipinski definition) is 3. The first kappa shape index (κ1) is 15.5. The second-order valence-corrected chi connectivity index (χ2v) is 5.39. The van der Waals surface area contributed by atoms with Crippen molar-refractivity contribution in [2.45, 2.75) is 25.3 Å². The summed E-state index contributed by atoms with van der Waals surface area (Å²) in [5.74, 6) is -0.0857. The number of carbonyl (C=O) groups is 2. The molecule has 0 radical (unpaired) electrons. The summed E-state index contributed by atoms with van der Waals surface area (Å²) < 4.78 is 0. The van der Waals surface area contributed by atoms with Crippen LogP contribution in [0.4, 0.5) is 0 Å². The van der Waals surface area contributed by atoms with Crippen molar-refractivity contribution >= 4 is 11.8 Å². The van der Waals surface area contributed by atoms with E-state index in [1.54, 1.807) is 11.9 Å². The van der Waals surface area contributed by atoms with Crippen molar-refractivity contribution in [3.63, 3.8) is 0 Å². The van der Waals surface area contributed by atoms with Gasteiger partial charge in [-0.25, -0.2) is 0 Å². The molecule has 0 aromatic heterocycles. The highest BCUT2D eigenvalue weighted by Crippen LogP contribution is 2.20. The summed E-state index contributed by atoms with van der Waals surface area (Å²) in [5, 5.41) is 8.92. The number of likely N-dealkylation sites (N-methyl/N-ethyl adjacent to an activating group) is 1. The van der Waals surface area contributed by atoms with Crippen LogP contribution in [0.25, 0.3) is 0 Å². The summed E-state index contributed by atoms with van der Waals surface area (Å²) >= 11 is 0. The van der Waals surface area contributed by atoms with E-state index >= 15 is 0 Å². The maximum absolute atomic E-state index is 12.4. The number of amides is 2. The van der Waals surface area contributed by atoms with Crippen LogP contribution in [0.15, 0.2) is 30.3 Å². The lowest BCUT2D eigenvalue weighted by Crippen LogP contribution is -2.47. The van der Waals surface area contributed by atoms with E-state index in [0.29, 0.717) is 25.9 Å². The van der Waals surface area contributed by atoms with Crippen LogP contribution in [0, 0.1) is 0 Å². The quantitative estimate of drug-likeness (QED) is 0.867. The van der Waals surface area contributed by atoms with Crippen molar-refractivity contribution < 1.29 is 14.7 Å². The van der Waals surface area contributed by atoms with Crippen LogP contribution in [-0.4, -0.2) is 59.5 Å². The largest absolute Gasteiger partial charge is 0.395 e. The predicted molar refractivity (Wildman–Crippen MR) is 79.6 cm³/mol. The van der Waals surface area contributed by atoms with Gasteiger partial charge in [-0.05, 0) is 18.4 Å². The van der Waals surface area contributed by atoms with Gasteiger partial charge in [-0.1, -0.05) is 30.3 Å². The van der Waals surface area contributed by atoms with Crippen molar-refractivity contribution in [1.29, 1.82) is 0 Å². The minimum absolute atomic E-state index is 0.00514. The molecule has 0 spiro atoms. The zero-order chi connectivity index (χ0) is 15.2. The zero-order valence-corrected chi connectivity index (χ0v) is 12.4. The summed E-state index contributed by atoms with van der Waals surface area (Å²) in [6.45, 7) is 0.873. The summed E-state index contributed by atoms with van der Waals surface area (Å²) in [5.41, 5.74) is 0.962. The van der Waals surface area contributed by atoms with E-state index in [1.807, 2.05) is 30.3 Å². The van der Waals surface area contributed by atoms with E-state index in [9.17, 15) is 9.59 Å². The molecule has 1 saturated heterocycles. The van der Waals surface area contributed by atoms with E-state index in [0.717, 1.165) is 12.0 Å². The minimum Gasteiger partial charge on any atom is -0.395 e. The van der Waals surface area contributed by atoms with Crippen LogP contribution in [0.3, 0.4) is 0 Å². The highest BCUT2D eigenvalue weighted by Gasteiger charge is 2.35. The van der Waals surface area contributed by atoms with Crippen molar-refractivity contribution in [3.05, 3.63) is 35.9 Å². The first-order valence-electron chi connectivity index (χ1n) is 7.32. The molecular weight excluding hydrogens is 268 g/mol. The van der Waals surface area contributed by atoms with Gasteiger partial charge in [0, 0.05) is 20.1 Å². The van der Waals surface area contributed by atoms with E-state index in [4.69, 9.17) is 5.11 Å². The number of benzene rings is 1. The molecule has 2 amide bonds. The Morgan fingerprint density at radius 2 is 2.05 bits per heavy atom. The van der Waals surface area contributed by atoms with Crippen LogP contribution in [0.1, 0.15) is 18.4 Å². The normalized spacial score (nSPS) is 17.8. The van der Waals surface area contributed by atoms with Gasteiger partial charge in [0.1, 0.15) is 6.04 Å². The molecular formula is C16H22N2O3. The van der Waals surface area contributed by atoms with E-state index in [2.05, 4.69) is 0 Å². The second-order valence-electron chi connectivity index (χ2n) is 5.39. The van der Waals surface area contributed by atoms with Crippen LogP contribution in [0.2, 0.25) is 0 Å². The number of aliphatic hydroxyl groups excluding tert-OH is 1. The van der Waals surface area contributed by atoms with Crippen LogP contribution in [-0.2, 0) is 16.0 Å². The fourth-order valence-corrected chi connectivity index (χ4v) is 2.71. The Morgan fingerprint density at radius 1 is 1.33 bits per heavy atom. The second kappa shape index (κ2) is 7.22. The van der Waals surface area contributed by atoms with Gasteiger partial charge in [0.15, 0.2) is 0 Å². The Kier molecular flexibility index (Phi) is 5.33. The molecule has 1 heterocycles. The van der Waals surface area contributed by atoms with Gasteiger partial charge in [-0.15, -0.1) is 0 Å². The topological polar surface area (TPSA) is 60.9 Å². The third kappa shape index (κ3) is 3.82. The first-order chi connectivity index (χ1) is 10.1. The smallest absolute Gasteiger partial charge is 0.245 e. The van der Waals surface area contributed by atoms with Gasteiger partial charge in [0.25, 0.3) is 0 Å². The highest BCUT2D eigenvalue weighted by molar-refractivity contribution is 5.89. The summed E-state index contributed by atoms with van der Waals surface area (Å²) in [4.78, 5) is 27.9. The molecule has 0 aliphatic carbocycles. The molecule has 5 heteroatoms. The lowest BCUT2D eigenvalue weighted by molar-refractivity contribution is -0.142. The van der Waals surface area contributed by atoms with Crippen molar-refractivity contribution in [3.8, 4) is 0 Å². The minimum atomic E-state index is -0.377. The van der Waals surface area contributed by atoms with Crippen molar-refractivity contribution in [2.24, 2.45) is 0 Å². The van der Waals surface area contributed by atoms with E-state index in [1.165, 1.54) is 4.90 Å². The van der Waals surface area contributed by atoms with Gasteiger partial charge in [-0.2, -0.15) is 0 Å².